The van der Waals surface area contributed by atoms with Crippen LogP contribution in [0.1, 0.15) is 11.1 Å². The Hall–Kier alpha value is -3.09. The molecule has 0 heterocycles. The standard InChI is InChI=1S/C20H23FN2O4/c1-23(2)20(25)13-27-17-9-6-15(10-18(17)26-3)12-22-19(24)11-14-4-7-16(21)8-5-14/h4-10H,11-13H2,1-3H3,(H,22,24). The molecular formula is C20H23FN2O4. The Kier molecular flexibility index (Phi) is 7.16. The van der Waals surface area contributed by atoms with E-state index < -0.39 is 0 Å². The summed E-state index contributed by atoms with van der Waals surface area (Å²) in [6.45, 7) is 0.227. The van der Waals surface area contributed by atoms with Gasteiger partial charge in [-0.3, -0.25) is 9.59 Å². The molecule has 27 heavy (non-hydrogen) atoms. The second-order valence-corrected chi connectivity index (χ2v) is 6.14. The maximum absolute atomic E-state index is 12.9. The summed E-state index contributed by atoms with van der Waals surface area (Å²) in [6.07, 6.45) is 0.172. The van der Waals surface area contributed by atoms with Crippen LogP contribution in [0.2, 0.25) is 0 Å². The molecule has 0 aromatic heterocycles. The molecule has 0 fully saturated rings. The van der Waals surface area contributed by atoms with Crippen molar-refractivity contribution in [3.63, 3.8) is 0 Å². The zero-order valence-corrected chi connectivity index (χ0v) is 15.6. The molecule has 2 aromatic carbocycles. The number of benzene rings is 2. The number of methoxy groups -OCH3 is 1. The summed E-state index contributed by atoms with van der Waals surface area (Å²) >= 11 is 0. The Balaban J connectivity index is 1.91. The Morgan fingerprint density at radius 3 is 2.33 bits per heavy atom. The van der Waals surface area contributed by atoms with Crippen LogP contribution in [-0.2, 0) is 22.6 Å². The van der Waals surface area contributed by atoms with E-state index in [9.17, 15) is 14.0 Å². The molecule has 2 rings (SSSR count). The monoisotopic (exact) mass is 374 g/mol. The number of likely N-dealkylation sites (N-methyl/N-ethyl adjacent to an activating group) is 1. The number of amides is 2. The highest BCUT2D eigenvalue weighted by atomic mass is 19.1. The van der Waals surface area contributed by atoms with E-state index in [1.807, 2.05) is 0 Å². The van der Waals surface area contributed by atoms with Crippen LogP contribution in [0.4, 0.5) is 4.39 Å². The minimum Gasteiger partial charge on any atom is -0.493 e. The average molecular weight is 374 g/mol. The summed E-state index contributed by atoms with van der Waals surface area (Å²) < 4.78 is 23.7. The highest BCUT2D eigenvalue weighted by molar-refractivity contribution is 5.78. The molecule has 0 aliphatic heterocycles. The fraction of sp³-hybridized carbons (Fsp3) is 0.300. The van der Waals surface area contributed by atoms with Gasteiger partial charge < -0.3 is 19.7 Å². The summed E-state index contributed by atoms with van der Waals surface area (Å²) in [5.74, 6) is 0.272. The van der Waals surface area contributed by atoms with Gasteiger partial charge in [0, 0.05) is 20.6 Å². The second kappa shape index (κ2) is 9.56. The maximum Gasteiger partial charge on any atom is 0.259 e. The molecule has 0 saturated heterocycles. The predicted octanol–water partition coefficient (Wildman–Crippen LogP) is 2.16. The van der Waals surface area contributed by atoms with Crippen LogP contribution in [-0.4, -0.2) is 44.5 Å². The van der Waals surface area contributed by atoms with Crippen molar-refractivity contribution < 1.29 is 23.5 Å². The first-order chi connectivity index (χ1) is 12.9. The van der Waals surface area contributed by atoms with Crippen molar-refractivity contribution in [2.75, 3.05) is 27.8 Å². The van der Waals surface area contributed by atoms with E-state index in [2.05, 4.69) is 5.32 Å². The van der Waals surface area contributed by atoms with Crippen molar-refractivity contribution in [3.8, 4) is 11.5 Å². The number of carbonyl (C=O) groups is 2. The third-order valence-corrected chi connectivity index (χ3v) is 3.85. The average Bonchev–Trinajstić information content (AvgIpc) is 2.66. The number of carbonyl (C=O) groups excluding carboxylic acids is 2. The maximum atomic E-state index is 12.9. The zero-order chi connectivity index (χ0) is 19.8. The van der Waals surface area contributed by atoms with E-state index >= 15 is 0 Å². The molecule has 2 amide bonds. The summed E-state index contributed by atoms with van der Waals surface area (Å²) in [6, 6.07) is 11.0. The molecule has 0 aliphatic rings. The van der Waals surface area contributed by atoms with Gasteiger partial charge in [-0.2, -0.15) is 0 Å². The molecule has 0 unspecified atom stereocenters. The minimum atomic E-state index is -0.333. The first-order valence-electron chi connectivity index (χ1n) is 8.40. The molecule has 2 aromatic rings. The number of rotatable bonds is 8. The van der Waals surface area contributed by atoms with Crippen LogP contribution in [0.5, 0.6) is 11.5 Å². The Labute approximate surface area is 157 Å². The normalized spacial score (nSPS) is 10.2. The van der Waals surface area contributed by atoms with Gasteiger partial charge in [0.25, 0.3) is 5.91 Å². The van der Waals surface area contributed by atoms with E-state index in [1.165, 1.54) is 24.1 Å². The third kappa shape index (κ3) is 6.29. The van der Waals surface area contributed by atoms with Crippen molar-refractivity contribution in [1.82, 2.24) is 10.2 Å². The van der Waals surface area contributed by atoms with Gasteiger partial charge in [0.2, 0.25) is 5.91 Å². The minimum absolute atomic E-state index is 0.0862. The topological polar surface area (TPSA) is 67.9 Å². The largest absolute Gasteiger partial charge is 0.493 e. The zero-order valence-electron chi connectivity index (χ0n) is 15.6. The Morgan fingerprint density at radius 1 is 1.04 bits per heavy atom. The van der Waals surface area contributed by atoms with E-state index in [0.29, 0.717) is 18.0 Å². The van der Waals surface area contributed by atoms with Crippen molar-refractivity contribution >= 4 is 11.8 Å². The van der Waals surface area contributed by atoms with Crippen LogP contribution in [0.3, 0.4) is 0 Å². The van der Waals surface area contributed by atoms with Gasteiger partial charge in [-0.15, -0.1) is 0 Å². The lowest BCUT2D eigenvalue weighted by atomic mass is 10.1. The van der Waals surface area contributed by atoms with E-state index in [1.54, 1.807) is 44.4 Å². The van der Waals surface area contributed by atoms with Crippen LogP contribution < -0.4 is 14.8 Å². The molecule has 0 bridgehead atoms. The SMILES string of the molecule is COc1cc(CNC(=O)Cc2ccc(F)cc2)ccc1OCC(=O)N(C)C. The molecule has 144 valence electrons. The summed E-state index contributed by atoms with van der Waals surface area (Å²) in [5, 5.41) is 2.81. The van der Waals surface area contributed by atoms with Crippen LogP contribution in [0.25, 0.3) is 0 Å². The smallest absolute Gasteiger partial charge is 0.259 e. The Morgan fingerprint density at radius 2 is 1.70 bits per heavy atom. The van der Waals surface area contributed by atoms with Crippen LogP contribution >= 0.6 is 0 Å². The number of halogens is 1. The van der Waals surface area contributed by atoms with Crippen molar-refractivity contribution in [2.24, 2.45) is 0 Å². The molecule has 0 atom stereocenters. The number of hydrogen-bond donors (Lipinski definition) is 1. The van der Waals surface area contributed by atoms with Crippen molar-refractivity contribution in [3.05, 3.63) is 59.4 Å². The van der Waals surface area contributed by atoms with E-state index in [-0.39, 0.29) is 30.7 Å². The van der Waals surface area contributed by atoms with Gasteiger partial charge >= 0.3 is 0 Å². The molecule has 1 N–H and O–H groups in total. The number of nitrogens with zero attached hydrogens (tertiary/aromatic N) is 1. The molecule has 0 radical (unpaired) electrons. The quantitative estimate of drug-likeness (QED) is 0.769. The van der Waals surface area contributed by atoms with Gasteiger partial charge in [-0.05, 0) is 35.4 Å². The number of hydrogen-bond acceptors (Lipinski definition) is 4. The molecule has 0 aliphatic carbocycles. The fourth-order valence-electron chi connectivity index (χ4n) is 2.26. The molecule has 6 nitrogen and oxygen atoms in total. The highest BCUT2D eigenvalue weighted by Gasteiger charge is 2.11. The van der Waals surface area contributed by atoms with Crippen LogP contribution in [0.15, 0.2) is 42.5 Å². The number of ether oxygens (including phenoxy) is 2. The van der Waals surface area contributed by atoms with Gasteiger partial charge in [-0.25, -0.2) is 4.39 Å². The van der Waals surface area contributed by atoms with Gasteiger partial charge in [-0.1, -0.05) is 18.2 Å². The van der Waals surface area contributed by atoms with Crippen LogP contribution in [0, 0.1) is 5.82 Å². The lowest BCUT2D eigenvalue weighted by Gasteiger charge is -2.14. The van der Waals surface area contributed by atoms with E-state index in [0.717, 1.165) is 11.1 Å². The molecule has 0 spiro atoms. The summed E-state index contributed by atoms with van der Waals surface area (Å²) in [4.78, 5) is 25.1. The van der Waals surface area contributed by atoms with Crippen molar-refractivity contribution in [1.29, 1.82) is 0 Å². The van der Waals surface area contributed by atoms with Crippen molar-refractivity contribution in [2.45, 2.75) is 13.0 Å². The lowest BCUT2D eigenvalue weighted by Crippen LogP contribution is -2.27. The highest BCUT2D eigenvalue weighted by Crippen LogP contribution is 2.28. The third-order valence-electron chi connectivity index (χ3n) is 3.85. The molecule has 7 heteroatoms. The molecule has 0 saturated carbocycles. The predicted molar refractivity (Wildman–Crippen MR) is 99.1 cm³/mol. The molecular weight excluding hydrogens is 351 g/mol. The number of nitrogens with one attached hydrogen (secondary N) is 1. The second-order valence-electron chi connectivity index (χ2n) is 6.14. The first-order valence-corrected chi connectivity index (χ1v) is 8.40. The van der Waals surface area contributed by atoms with E-state index in [4.69, 9.17) is 9.47 Å². The van der Waals surface area contributed by atoms with Gasteiger partial charge in [0.1, 0.15) is 5.82 Å². The lowest BCUT2D eigenvalue weighted by molar-refractivity contribution is -0.130. The fourth-order valence-corrected chi connectivity index (χ4v) is 2.26. The first kappa shape index (κ1) is 20.2. The Bertz CT molecular complexity index is 791. The summed E-state index contributed by atoms with van der Waals surface area (Å²) in [5.41, 5.74) is 1.56. The van der Waals surface area contributed by atoms with Gasteiger partial charge in [0.15, 0.2) is 18.1 Å². The summed E-state index contributed by atoms with van der Waals surface area (Å²) in [7, 11) is 4.81. The van der Waals surface area contributed by atoms with Gasteiger partial charge in [0.05, 0.1) is 13.5 Å².